The van der Waals surface area contributed by atoms with E-state index in [0.29, 0.717) is 32.0 Å². The van der Waals surface area contributed by atoms with Crippen LogP contribution >= 0.6 is 0 Å². The van der Waals surface area contributed by atoms with Gasteiger partial charge in [0.1, 0.15) is 0 Å². The van der Waals surface area contributed by atoms with Crippen molar-refractivity contribution in [2.45, 2.75) is 50.2 Å². The highest BCUT2D eigenvalue weighted by Crippen LogP contribution is 2.36. The number of hydrogen-bond acceptors (Lipinski definition) is 4. The Morgan fingerprint density at radius 3 is 2.48 bits per heavy atom. The third kappa shape index (κ3) is 4.22. The molecular weight excluding hydrogens is 388 g/mol. The Morgan fingerprint density at radius 2 is 1.81 bits per heavy atom. The molecule has 1 aliphatic carbocycles. The second-order valence-electron chi connectivity index (χ2n) is 9.08. The highest BCUT2D eigenvalue weighted by atomic mass is 16.2. The lowest BCUT2D eigenvalue weighted by Crippen LogP contribution is -2.60. The van der Waals surface area contributed by atoms with Gasteiger partial charge in [0.15, 0.2) is 0 Å². The topological polar surface area (TPSA) is 65.5 Å². The van der Waals surface area contributed by atoms with Crippen molar-refractivity contribution in [3.8, 4) is 0 Å². The minimum absolute atomic E-state index is 0.168. The number of nitrogens with zero attached hydrogens (tertiary/aromatic N) is 3. The highest BCUT2D eigenvalue weighted by Gasteiger charge is 2.52. The summed E-state index contributed by atoms with van der Waals surface area (Å²) in [5.41, 5.74) is 1.79. The average Bonchev–Trinajstić information content (AvgIpc) is 3.62. The van der Waals surface area contributed by atoms with E-state index in [2.05, 4.69) is 22.4 Å². The van der Waals surface area contributed by atoms with Crippen LogP contribution in [0.3, 0.4) is 0 Å². The van der Waals surface area contributed by atoms with Gasteiger partial charge in [0.2, 0.25) is 11.8 Å². The van der Waals surface area contributed by atoms with Gasteiger partial charge < -0.3 is 9.80 Å². The van der Waals surface area contributed by atoms with Crippen LogP contribution in [0.1, 0.15) is 36.9 Å². The number of carbonyl (C=O) groups is 2. The maximum atomic E-state index is 13.5. The Morgan fingerprint density at radius 1 is 1.06 bits per heavy atom. The number of nitrogens with one attached hydrogen (secondary N) is 1. The van der Waals surface area contributed by atoms with Crippen LogP contribution in [-0.2, 0) is 22.4 Å². The van der Waals surface area contributed by atoms with Crippen LogP contribution < -0.4 is 5.32 Å². The molecule has 1 aromatic carbocycles. The molecular formula is C25H30N4O2. The molecule has 3 fully saturated rings. The molecule has 1 N–H and O–H groups in total. The van der Waals surface area contributed by atoms with Crippen LogP contribution in [0.25, 0.3) is 0 Å². The molecule has 0 radical (unpaired) electrons. The molecule has 2 saturated heterocycles. The number of rotatable bonds is 6. The maximum Gasteiger partial charge on any atom is 0.241 e. The summed E-state index contributed by atoms with van der Waals surface area (Å²) in [6.07, 6.45) is 6.86. The first-order valence-corrected chi connectivity index (χ1v) is 11.5. The zero-order chi connectivity index (χ0) is 21.3. The lowest BCUT2D eigenvalue weighted by Gasteiger charge is -2.44. The molecule has 6 heteroatoms. The molecule has 2 aliphatic heterocycles. The molecule has 1 aromatic heterocycles. The van der Waals surface area contributed by atoms with Crippen LogP contribution in [-0.4, -0.2) is 57.9 Å². The molecule has 3 aliphatic rings. The summed E-state index contributed by atoms with van der Waals surface area (Å²) in [5.74, 6) is 0.722. The van der Waals surface area contributed by atoms with Crippen molar-refractivity contribution in [2.24, 2.45) is 5.92 Å². The first-order valence-electron chi connectivity index (χ1n) is 11.5. The molecule has 1 saturated carbocycles. The second kappa shape index (κ2) is 8.42. The van der Waals surface area contributed by atoms with Gasteiger partial charge >= 0.3 is 0 Å². The second-order valence-corrected chi connectivity index (χ2v) is 9.08. The molecule has 2 aromatic rings. The number of pyridine rings is 1. The minimum Gasteiger partial charge on any atom is -0.342 e. The van der Waals surface area contributed by atoms with Crippen molar-refractivity contribution >= 4 is 11.8 Å². The number of piperidine rings is 1. The first kappa shape index (κ1) is 20.2. The predicted octanol–water partition coefficient (Wildman–Crippen LogP) is 2.40. The molecule has 162 valence electrons. The molecule has 6 nitrogen and oxygen atoms in total. The van der Waals surface area contributed by atoms with Gasteiger partial charge in [0.25, 0.3) is 0 Å². The Hall–Kier alpha value is -2.73. The van der Waals surface area contributed by atoms with Gasteiger partial charge in [-0.25, -0.2) is 0 Å². The van der Waals surface area contributed by atoms with Crippen molar-refractivity contribution in [1.29, 1.82) is 0 Å². The fourth-order valence-corrected chi connectivity index (χ4v) is 5.05. The quantitative estimate of drug-likeness (QED) is 0.782. The van der Waals surface area contributed by atoms with Gasteiger partial charge in [-0.15, -0.1) is 0 Å². The standard InChI is InChI=1S/C25H30N4O2/c30-23(20-9-10-20)28-16-12-25(13-17-28)27-22(18-19-6-2-1-3-7-19)24(31)29(25)15-11-21-8-4-5-14-26-21/h1-8,14,20,22,27H,9-13,15-18H2/t22-/m1/s1. The minimum atomic E-state index is -0.369. The Kier molecular flexibility index (Phi) is 5.48. The smallest absolute Gasteiger partial charge is 0.241 e. The zero-order valence-corrected chi connectivity index (χ0v) is 17.9. The summed E-state index contributed by atoms with van der Waals surface area (Å²) in [5, 5.41) is 3.71. The van der Waals surface area contributed by atoms with E-state index in [9.17, 15) is 9.59 Å². The molecule has 1 atom stereocenters. The zero-order valence-electron chi connectivity index (χ0n) is 17.9. The van der Waals surface area contributed by atoms with Crippen molar-refractivity contribution < 1.29 is 9.59 Å². The molecule has 1 spiro atoms. The van der Waals surface area contributed by atoms with Crippen LogP contribution in [0.5, 0.6) is 0 Å². The van der Waals surface area contributed by atoms with Crippen molar-refractivity contribution in [1.82, 2.24) is 20.1 Å². The van der Waals surface area contributed by atoms with Crippen LogP contribution in [0.4, 0.5) is 0 Å². The van der Waals surface area contributed by atoms with Crippen molar-refractivity contribution in [3.05, 3.63) is 66.0 Å². The van der Waals surface area contributed by atoms with E-state index in [4.69, 9.17) is 0 Å². The predicted molar refractivity (Wildman–Crippen MR) is 118 cm³/mol. The maximum absolute atomic E-state index is 13.5. The fraction of sp³-hybridized carbons (Fsp3) is 0.480. The molecule has 0 unspecified atom stereocenters. The SMILES string of the molecule is O=C(C1CC1)N1CCC2(CC1)N[C@H](Cc1ccccc1)C(=O)N2CCc1ccccn1. The summed E-state index contributed by atoms with van der Waals surface area (Å²) in [4.78, 5) is 34.5. The van der Waals surface area contributed by atoms with E-state index < -0.39 is 0 Å². The summed E-state index contributed by atoms with van der Waals surface area (Å²) >= 11 is 0. The van der Waals surface area contributed by atoms with E-state index in [0.717, 1.165) is 43.4 Å². The number of likely N-dealkylation sites (tertiary alicyclic amines) is 1. The van der Waals surface area contributed by atoms with Gasteiger partial charge in [-0.1, -0.05) is 36.4 Å². The van der Waals surface area contributed by atoms with E-state index in [1.54, 1.807) is 6.20 Å². The molecule has 0 bridgehead atoms. The Balaban J connectivity index is 1.33. The van der Waals surface area contributed by atoms with Gasteiger partial charge in [-0.3, -0.25) is 19.9 Å². The van der Waals surface area contributed by atoms with Gasteiger partial charge in [0.05, 0.1) is 11.7 Å². The first-order chi connectivity index (χ1) is 15.1. The molecule has 2 amide bonds. The Bertz CT molecular complexity index is 921. The monoisotopic (exact) mass is 418 g/mol. The summed E-state index contributed by atoms with van der Waals surface area (Å²) in [7, 11) is 0. The molecule has 31 heavy (non-hydrogen) atoms. The van der Waals surface area contributed by atoms with E-state index >= 15 is 0 Å². The summed E-state index contributed by atoms with van der Waals surface area (Å²) < 4.78 is 0. The van der Waals surface area contributed by atoms with Crippen molar-refractivity contribution in [3.63, 3.8) is 0 Å². The average molecular weight is 419 g/mol. The summed E-state index contributed by atoms with van der Waals surface area (Å²) in [6.45, 7) is 2.08. The fourth-order valence-electron chi connectivity index (χ4n) is 5.05. The lowest BCUT2D eigenvalue weighted by atomic mass is 9.95. The van der Waals surface area contributed by atoms with Crippen LogP contribution in [0.15, 0.2) is 54.7 Å². The highest BCUT2D eigenvalue weighted by molar-refractivity contribution is 5.86. The van der Waals surface area contributed by atoms with E-state index in [1.807, 2.05) is 46.2 Å². The van der Waals surface area contributed by atoms with Crippen molar-refractivity contribution in [2.75, 3.05) is 19.6 Å². The number of hydrogen-bond donors (Lipinski definition) is 1. The largest absolute Gasteiger partial charge is 0.342 e. The lowest BCUT2D eigenvalue weighted by molar-refractivity contribution is -0.137. The number of benzene rings is 1. The summed E-state index contributed by atoms with van der Waals surface area (Å²) in [6, 6.07) is 15.9. The van der Waals surface area contributed by atoms with Crippen LogP contribution in [0, 0.1) is 5.92 Å². The van der Waals surface area contributed by atoms with Gasteiger partial charge in [-0.05, 0) is 37.0 Å². The van der Waals surface area contributed by atoms with Gasteiger partial charge in [-0.2, -0.15) is 0 Å². The number of carbonyl (C=O) groups excluding carboxylic acids is 2. The van der Waals surface area contributed by atoms with Gasteiger partial charge in [0, 0.05) is 56.7 Å². The third-order valence-corrected chi connectivity index (χ3v) is 6.95. The van der Waals surface area contributed by atoms with E-state index in [1.165, 1.54) is 0 Å². The molecule has 5 rings (SSSR count). The number of amides is 2. The van der Waals surface area contributed by atoms with Crippen LogP contribution in [0.2, 0.25) is 0 Å². The third-order valence-electron chi connectivity index (χ3n) is 6.95. The molecule has 3 heterocycles. The van der Waals surface area contributed by atoms with E-state index in [-0.39, 0.29) is 23.5 Å². The Labute approximate surface area is 183 Å². The number of aromatic nitrogens is 1. The normalized spacial score (nSPS) is 22.8.